The summed E-state index contributed by atoms with van der Waals surface area (Å²) in [6, 6.07) is 14.5. The van der Waals surface area contributed by atoms with Gasteiger partial charge in [-0.05, 0) is 62.1 Å². The van der Waals surface area contributed by atoms with Crippen molar-refractivity contribution in [2.45, 2.75) is 44.4 Å². The van der Waals surface area contributed by atoms with E-state index in [1.165, 1.54) is 11.6 Å². The van der Waals surface area contributed by atoms with E-state index in [9.17, 15) is 9.50 Å². The fraction of sp³-hybridized carbons (Fsp3) is 0.423. The first-order valence-corrected chi connectivity index (χ1v) is 11.6. The lowest BCUT2D eigenvalue weighted by Gasteiger charge is -2.27. The summed E-state index contributed by atoms with van der Waals surface area (Å²) in [7, 11) is 0. The molecule has 2 aromatic carbocycles. The Morgan fingerprint density at radius 1 is 1.06 bits per heavy atom. The molecule has 1 aliphatic heterocycles. The molecule has 0 radical (unpaired) electrons. The summed E-state index contributed by atoms with van der Waals surface area (Å²) in [5.41, 5.74) is 0.243. The van der Waals surface area contributed by atoms with Gasteiger partial charge in [-0.1, -0.05) is 24.3 Å². The first-order valence-electron chi connectivity index (χ1n) is 11.6. The van der Waals surface area contributed by atoms with Gasteiger partial charge in [0, 0.05) is 32.0 Å². The molecule has 6 nitrogen and oxygen atoms in total. The molecule has 1 atom stereocenters. The number of benzene rings is 2. The lowest BCUT2D eigenvalue weighted by Crippen LogP contribution is -2.37. The molecule has 1 N–H and O–H groups in total. The number of ether oxygens (including phenoxy) is 2. The normalized spacial score (nSPS) is 19.2. The van der Waals surface area contributed by atoms with Gasteiger partial charge in [-0.3, -0.25) is 4.90 Å². The van der Waals surface area contributed by atoms with E-state index in [0.717, 1.165) is 44.8 Å². The fourth-order valence-corrected chi connectivity index (χ4v) is 4.16. The molecule has 0 amide bonds. The van der Waals surface area contributed by atoms with Crippen molar-refractivity contribution in [1.29, 1.82) is 0 Å². The van der Waals surface area contributed by atoms with Gasteiger partial charge < -0.3 is 19.1 Å². The second-order valence-electron chi connectivity index (χ2n) is 8.72. The van der Waals surface area contributed by atoms with Gasteiger partial charge in [0.05, 0.1) is 18.5 Å². The SMILES string of the molecule is O[C@]1(COc2ccccc2F)CCCN(Cc2cccc(OCCCn3ccnc3)c2)CC1. The maximum atomic E-state index is 13.8. The van der Waals surface area contributed by atoms with Crippen molar-refractivity contribution in [1.82, 2.24) is 14.5 Å². The summed E-state index contributed by atoms with van der Waals surface area (Å²) in [6.07, 6.45) is 8.56. The number of halogens is 1. The molecule has 1 saturated heterocycles. The van der Waals surface area contributed by atoms with Gasteiger partial charge in [0.1, 0.15) is 12.4 Å². The first kappa shape index (κ1) is 23.3. The molecule has 1 fully saturated rings. The zero-order chi connectivity index (χ0) is 22.9. The Morgan fingerprint density at radius 2 is 1.97 bits per heavy atom. The summed E-state index contributed by atoms with van der Waals surface area (Å²) < 4.78 is 27.4. The van der Waals surface area contributed by atoms with Crippen LogP contribution in [-0.4, -0.2) is 51.5 Å². The van der Waals surface area contributed by atoms with Crippen LogP contribution < -0.4 is 9.47 Å². The van der Waals surface area contributed by atoms with E-state index in [2.05, 4.69) is 22.0 Å². The van der Waals surface area contributed by atoms with Gasteiger partial charge in [-0.15, -0.1) is 0 Å². The molecular weight excluding hydrogens is 421 g/mol. The minimum atomic E-state index is -0.947. The van der Waals surface area contributed by atoms with Crippen molar-refractivity contribution in [2.24, 2.45) is 0 Å². The molecule has 4 rings (SSSR count). The van der Waals surface area contributed by atoms with E-state index in [-0.39, 0.29) is 12.4 Å². The van der Waals surface area contributed by atoms with Crippen LogP contribution in [-0.2, 0) is 13.1 Å². The molecular formula is C26H32FN3O3. The molecule has 1 aliphatic rings. The zero-order valence-electron chi connectivity index (χ0n) is 18.9. The summed E-state index contributed by atoms with van der Waals surface area (Å²) in [4.78, 5) is 6.40. The molecule has 33 heavy (non-hydrogen) atoms. The highest BCUT2D eigenvalue weighted by Crippen LogP contribution is 2.26. The highest BCUT2D eigenvalue weighted by Gasteiger charge is 2.31. The van der Waals surface area contributed by atoms with Crippen molar-refractivity contribution >= 4 is 0 Å². The number of nitrogens with zero attached hydrogens (tertiary/aromatic N) is 3. The van der Waals surface area contributed by atoms with Crippen LogP contribution in [0.3, 0.4) is 0 Å². The lowest BCUT2D eigenvalue weighted by molar-refractivity contribution is -0.0177. The predicted octanol–water partition coefficient (Wildman–Crippen LogP) is 4.29. The topological polar surface area (TPSA) is 59.8 Å². The average molecular weight is 454 g/mol. The number of aliphatic hydroxyl groups is 1. The minimum absolute atomic E-state index is 0.101. The molecule has 176 valence electrons. The third kappa shape index (κ3) is 7.04. The number of rotatable bonds is 10. The van der Waals surface area contributed by atoms with Crippen LogP contribution in [0.1, 0.15) is 31.2 Å². The fourth-order valence-electron chi connectivity index (χ4n) is 4.16. The minimum Gasteiger partial charge on any atom is -0.494 e. The molecule has 0 aliphatic carbocycles. The smallest absolute Gasteiger partial charge is 0.165 e. The number of aryl methyl sites for hydroxylation is 1. The Kier molecular flexibility index (Phi) is 7.96. The monoisotopic (exact) mass is 453 g/mol. The molecule has 0 bridgehead atoms. The second kappa shape index (κ2) is 11.3. The van der Waals surface area contributed by atoms with Crippen LogP contribution in [0.25, 0.3) is 0 Å². The van der Waals surface area contributed by atoms with Crippen molar-refractivity contribution in [3.05, 3.63) is 78.6 Å². The van der Waals surface area contributed by atoms with E-state index in [1.807, 2.05) is 29.2 Å². The van der Waals surface area contributed by atoms with E-state index in [4.69, 9.17) is 9.47 Å². The number of aromatic nitrogens is 2. The summed E-state index contributed by atoms with van der Waals surface area (Å²) >= 11 is 0. The Labute approximate surface area is 194 Å². The van der Waals surface area contributed by atoms with Gasteiger partial charge in [-0.25, -0.2) is 9.37 Å². The molecule has 1 aromatic heterocycles. The Balaban J connectivity index is 1.24. The van der Waals surface area contributed by atoms with Gasteiger partial charge in [0.15, 0.2) is 11.6 Å². The zero-order valence-corrected chi connectivity index (χ0v) is 18.9. The van der Waals surface area contributed by atoms with Crippen LogP contribution in [0.5, 0.6) is 11.5 Å². The van der Waals surface area contributed by atoms with Gasteiger partial charge in [-0.2, -0.15) is 0 Å². The van der Waals surface area contributed by atoms with Gasteiger partial charge in [0.2, 0.25) is 0 Å². The Bertz CT molecular complexity index is 998. The highest BCUT2D eigenvalue weighted by molar-refractivity contribution is 5.28. The predicted molar refractivity (Wildman–Crippen MR) is 125 cm³/mol. The maximum absolute atomic E-state index is 13.8. The number of likely N-dealkylation sites (tertiary alicyclic amines) is 1. The molecule has 0 unspecified atom stereocenters. The number of hydrogen-bond acceptors (Lipinski definition) is 5. The van der Waals surface area contributed by atoms with Crippen LogP contribution in [0, 0.1) is 5.82 Å². The molecule has 0 saturated carbocycles. The molecule has 7 heteroatoms. The lowest BCUT2D eigenvalue weighted by atomic mass is 9.96. The molecule has 2 heterocycles. The van der Waals surface area contributed by atoms with Crippen molar-refractivity contribution < 1.29 is 19.0 Å². The molecule has 0 spiro atoms. The maximum Gasteiger partial charge on any atom is 0.165 e. The van der Waals surface area contributed by atoms with Crippen molar-refractivity contribution in [3.8, 4) is 11.5 Å². The van der Waals surface area contributed by atoms with Crippen LogP contribution in [0.15, 0.2) is 67.3 Å². The van der Waals surface area contributed by atoms with Gasteiger partial charge in [0.25, 0.3) is 0 Å². The van der Waals surface area contributed by atoms with Gasteiger partial charge >= 0.3 is 0 Å². The van der Waals surface area contributed by atoms with E-state index < -0.39 is 11.4 Å². The van der Waals surface area contributed by atoms with Crippen LogP contribution in [0.2, 0.25) is 0 Å². The van der Waals surface area contributed by atoms with E-state index in [0.29, 0.717) is 19.4 Å². The van der Waals surface area contributed by atoms with Crippen molar-refractivity contribution in [2.75, 3.05) is 26.3 Å². The average Bonchev–Trinajstić information content (AvgIpc) is 3.27. The van der Waals surface area contributed by atoms with Crippen LogP contribution >= 0.6 is 0 Å². The van der Waals surface area contributed by atoms with Crippen molar-refractivity contribution in [3.63, 3.8) is 0 Å². The standard InChI is InChI=1S/C26H32FN3O3/c27-24-8-1-2-9-25(24)33-20-26(31)10-4-13-29(15-11-26)19-22-6-3-7-23(18-22)32-17-5-14-30-16-12-28-21-30/h1-3,6-9,12,16,18,21,31H,4-5,10-11,13-15,17,19-20H2/t26-/m1/s1. The number of hydrogen-bond donors (Lipinski definition) is 1. The van der Waals surface area contributed by atoms with E-state index >= 15 is 0 Å². The highest BCUT2D eigenvalue weighted by atomic mass is 19.1. The summed E-state index contributed by atoms with van der Waals surface area (Å²) in [5.74, 6) is 0.664. The summed E-state index contributed by atoms with van der Waals surface area (Å²) in [5, 5.41) is 11.0. The Morgan fingerprint density at radius 3 is 2.82 bits per heavy atom. The molecule has 3 aromatic rings. The third-order valence-electron chi connectivity index (χ3n) is 6.04. The first-order chi connectivity index (χ1) is 16.1. The largest absolute Gasteiger partial charge is 0.494 e. The number of imidazole rings is 1. The van der Waals surface area contributed by atoms with E-state index in [1.54, 1.807) is 24.4 Å². The number of para-hydroxylation sites is 1. The Hall–Kier alpha value is -2.90. The summed E-state index contributed by atoms with van der Waals surface area (Å²) in [6.45, 7) is 4.10. The third-order valence-corrected chi connectivity index (χ3v) is 6.04. The van der Waals surface area contributed by atoms with Crippen LogP contribution in [0.4, 0.5) is 4.39 Å². The second-order valence-corrected chi connectivity index (χ2v) is 8.72. The quantitative estimate of drug-likeness (QED) is 0.464.